The quantitative estimate of drug-likeness (QED) is 0.553. The molecule has 0 radical (unpaired) electrons. The fourth-order valence-corrected chi connectivity index (χ4v) is 6.83. The van der Waals surface area contributed by atoms with E-state index in [1.54, 1.807) is 0 Å². The second-order valence-electron chi connectivity index (χ2n) is 7.64. The van der Waals surface area contributed by atoms with Crippen LogP contribution in [-0.4, -0.2) is 0 Å². The van der Waals surface area contributed by atoms with Crippen LogP contribution in [0.15, 0.2) is 24.3 Å². The normalized spacial score (nSPS) is 40.0. The number of benzene rings is 1. The van der Waals surface area contributed by atoms with E-state index in [1.165, 1.54) is 50.5 Å². The zero-order chi connectivity index (χ0) is 13.7. The summed E-state index contributed by atoms with van der Waals surface area (Å²) >= 11 is 9.96. The maximum absolute atomic E-state index is 6.00. The number of rotatable bonds is 3. The van der Waals surface area contributed by atoms with Gasteiger partial charge in [-0.05, 0) is 85.8 Å². The molecule has 1 atom stereocenters. The zero-order valence-corrected chi connectivity index (χ0v) is 14.2. The zero-order valence-electron chi connectivity index (χ0n) is 11.8. The lowest BCUT2D eigenvalue weighted by Crippen LogP contribution is -2.46. The predicted octanol–water partition coefficient (Wildman–Crippen LogP) is 6.38. The second kappa shape index (κ2) is 5.02. The maximum Gasteiger partial charge on any atom is 0.0406 e. The van der Waals surface area contributed by atoms with Gasteiger partial charge in [-0.1, -0.05) is 39.7 Å². The number of hydrogen-bond acceptors (Lipinski definition) is 0. The van der Waals surface area contributed by atoms with Gasteiger partial charge >= 0.3 is 0 Å². The van der Waals surface area contributed by atoms with Gasteiger partial charge in [-0.25, -0.2) is 0 Å². The molecule has 0 N–H and O–H groups in total. The molecule has 4 bridgehead atoms. The topological polar surface area (TPSA) is 0 Å². The molecule has 0 spiro atoms. The van der Waals surface area contributed by atoms with Crippen LogP contribution in [0.25, 0.3) is 0 Å². The Kier molecular flexibility index (Phi) is 3.42. The van der Waals surface area contributed by atoms with Crippen LogP contribution in [0.4, 0.5) is 0 Å². The molecule has 1 unspecified atom stereocenters. The third-order valence-corrected chi connectivity index (χ3v) is 7.11. The van der Waals surface area contributed by atoms with E-state index in [0.29, 0.717) is 10.2 Å². The van der Waals surface area contributed by atoms with E-state index in [0.717, 1.165) is 22.8 Å². The lowest BCUT2D eigenvalue weighted by Gasteiger charge is -2.57. The molecule has 20 heavy (non-hydrogen) atoms. The molecule has 2 heteroatoms. The molecule has 0 aromatic heterocycles. The summed E-state index contributed by atoms with van der Waals surface area (Å²) in [6, 6.07) is 8.40. The van der Waals surface area contributed by atoms with Gasteiger partial charge in [0.25, 0.3) is 0 Å². The Morgan fingerprint density at radius 3 is 2.00 bits per heavy atom. The molecule has 0 amide bonds. The third kappa shape index (κ3) is 2.46. The van der Waals surface area contributed by atoms with Gasteiger partial charge in [-0.15, -0.1) is 0 Å². The highest BCUT2D eigenvalue weighted by molar-refractivity contribution is 9.09. The van der Waals surface area contributed by atoms with E-state index in [4.69, 9.17) is 11.6 Å². The highest BCUT2D eigenvalue weighted by Gasteiger charge is 2.51. The maximum atomic E-state index is 6.00. The molecule has 0 saturated heterocycles. The summed E-state index contributed by atoms with van der Waals surface area (Å²) in [4.78, 5) is 0.496. The van der Waals surface area contributed by atoms with Crippen LogP contribution in [0, 0.1) is 23.2 Å². The average Bonchev–Trinajstić information content (AvgIpc) is 2.37. The Bertz CT molecular complexity index is 457. The van der Waals surface area contributed by atoms with Crippen LogP contribution in [-0.2, 0) is 0 Å². The minimum absolute atomic E-state index is 0.496. The minimum Gasteiger partial charge on any atom is -0.0843 e. The molecule has 0 heterocycles. The summed E-state index contributed by atoms with van der Waals surface area (Å²) in [5.41, 5.74) is 2.04. The van der Waals surface area contributed by atoms with E-state index in [2.05, 4.69) is 28.1 Å². The van der Waals surface area contributed by atoms with Crippen LogP contribution in [0.5, 0.6) is 0 Å². The number of hydrogen-bond donors (Lipinski definition) is 0. The van der Waals surface area contributed by atoms with E-state index >= 15 is 0 Å². The van der Waals surface area contributed by atoms with Crippen molar-refractivity contribution in [3.8, 4) is 0 Å². The van der Waals surface area contributed by atoms with Gasteiger partial charge in [0.05, 0.1) is 0 Å². The summed E-state index contributed by atoms with van der Waals surface area (Å²) in [5.74, 6) is 3.14. The van der Waals surface area contributed by atoms with Gasteiger partial charge in [0.15, 0.2) is 0 Å². The van der Waals surface area contributed by atoms with Crippen molar-refractivity contribution in [3.05, 3.63) is 34.9 Å². The van der Waals surface area contributed by atoms with Crippen LogP contribution in [0.3, 0.4) is 0 Å². The van der Waals surface area contributed by atoms with Gasteiger partial charge in [-0.3, -0.25) is 0 Å². The third-order valence-electron chi connectivity index (χ3n) is 6.01. The molecular formula is C18H22BrCl. The molecule has 1 aromatic rings. The van der Waals surface area contributed by atoms with Crippen molar-refractivity contribution in [1.82, 2.24) is 0 Å². The van der Waals surface area contributed by atoms with Gasteiger partial charge in [0.2, 0.25) is 0 Å². The van der Waals surface area contributed by atoms with E-state index in [1.807, 2.05) is 12.1 Å². The Morgan fingerprint density at radius 2 is 1.50 bits per heavy atom. The average molecular weight is 354 g/mol. The monoisotopic (exact) mass is 352 g/mol. The fourth-order valence-electron chi connectivity index (χ4n) is 5.71. The van der Waals surface area contributed by atoms with E-state index in [9.17, 15) is 0 Å². The fraction of sp³-hybridized carbons (Fsp3) is 0.667. The van der Waals surface area contributed by atoms with Crippen LogP contribution in [0.2, 0.25) is 5.02 Å². The SMILES string of the molecule is Clc1ccc(C(Br)CC23CC4CC(CC(C4)C2)C3)cc1. The predicted molar refractivity (Wildman–Crippen MR) is 88.3 cm³/mol. The number of alkyl halides is 1. The standard InChI is InChI=1S/C18H22BrCl/c19-17(15-1-3-16(20)4-2-15)11-18-8-12-5-13(9-18)7-14(6-12)10-18/h1-4,12-14,17H,5-11H2. The second-order valence-corrected chi connectivity index (χ2v) is 9.18. The van der Waals surface area contributed by atoms with E-state index in [-0.39, 0.29) is 0 Å². The summed E-state index contributed by atoms with van der Waals surface area (Å²) < 4.78 is 0. The first-order chi connectivity index (χ1) is 9.62. The highest BCUT2D eigenvalue weighted by atomic mass is 79.9. The molecule has 4 fully saturated rings. The largest absolute Gasteiger partial charge is 0.0843 e. The molecule has 4 aliphatic carbocycles. The van der Waals surface area contributed by atoms with Gasteiger partial charge < -0.3 is 0 Å². The lowest BCUT2D eigenvalue weighted by molar-refractivity contribution is -0.0571. The van der Waals surface area contributed by atoms with E-state index < -0.39 is 0 Å². The molecular weight excluding hydrogens is 332 g/mol. The van der Waals surface area contributed by atoms with Crippen molar-refractivity contribution in [1.29, 1.82) is 0 Å². The molecule has 0 nitrogen and oxygen atoms in total. The van der Waals surface area contributed by atoms with Crippen LogP contribution < -0.4 is 0 Å². The summed E-state index contributed by atoms with van der Waals surface area (Å²) in [6.07, 6.45) is 10.4. The highest BCUT2D eigenvalue weighted by Crippen LogP contribution is 2.63. The van der Waals surface area contributed by atoms with Crippen molar-refractivity contribution in [2.75, 3.05) is 0 Å². The molecule has 108 valence electrons. The van der Waals surface area contributed by atoms with Crippen molar-refractivity contribution in [2.24, 2.45) is 23.2 Å². The van der Waals surface area contributed by atoms with Crippen molar-refractivity contribution in [2.45, 2.75) is 49.8 Å². The molecule has 4 aliphatic rings. The Labute approximate surface area is 135 Å². The van der Waals surface area contributed by atoms with Crippen molar-refractivity contribution >= 4 is 27.5 Å². The molecule has 1 aromatic carbocycles. The van der Waals surface area contributed by atoms with Gasteiger partial charge in [0.1, 0.15) is 0 Å². The first-order valence-corrected chi connectivity index (χ1v) is 9.31. The van der Waals surface area contributed by atoms with Gasteiger partial charge in [-0.2, -0.15) is 0 Å². The summed E-state index contributed by atoms with van der Waals surface area (Å²) in [5, 5.41) is 0.836. The first kappa shape index (κ1) is 13.6. The Morgan fingerprint density at radius 1 is 1.00 bits per heavy atom. The Balaban J connectivity index is 1.52. The summed E-state index contributed by atoms with van der Waals surface area (Å²) in [7, 11) is 0. The summed E-state index contributed by atoms with van der Waals surface area (Å²) in [6.45, 7) is 0. The Hall–Kier alpha value is -0.0100. The van der Waals surface area contributed by atoms with Crippen molar-refractivity contribution < 1.29 is 0 Å². The van der Waals surface area contributed by atoms with Crippen molar-refractivity contribution in [3.63, 3.8) is 0 Å². The molecule has 5 rings (SSSR count). The van der Waals surface area contributed by atoms with Crippen LogP contribution >= 0.6 is 27.5 Å². The van der Waals surface area contributed by atoms with Crippen LogP contribution in [0.1, 0.15) is 55.3 Å². The lowest BCUT2D eigenvalue weighted by atomic mass is 9.48. The van der Waals surface area contributed by atoms with Gasteiger partial charge in [0, 0.05) is 9.85 Å². The smallest absolute Gasteiger partial charge is 0.0406 e. The number of halogens is 2. The minimum atomic E-state index is 0.496. The molecule has 4 saturated carbocycles. The first-order valence-electron chi connectivity index (χ1n) is 8.01. The molecule has 0 aliphatic heterocycles.